The minimum absolute atomic E-state index is 0.138. The van der Waals surface area contributed by atoms with E-state index in [1.54, 1.807) is 24.4 Å². The first-order chi connectivity index (χ1) is 30.4. The van der Waals surface area contributed by atoms with Crippen LogP contribution in [0.25, 0.3) is 45.0 Å². The number of aromatic nitrogens is 8. The molecule has 2 aliphatic rings. The van der Waals surface area contributed by atoms with Crippen molar-refractivity contribution in [2.75, 3.05) is 52.8 Å². The number of hydrogen-bond acceptors (Lipinski definition) is 13. The van der Waals surface area contributed by atoms with Gasteiger partial charge < -0.3 is 9.80 Å². The third kappa shape index (κ3) is 11.3. The van der Waals surface area contributed by atoms with Gasteiger partial charge in [0.05, 0.1) is 33.9 Å². The minimum Gasteiger partial charge on any atom is -0.306 e. The van der Waals surface area contributed by atoms with Gasteiger partial charge in [-0.3, -0.25) is 0 Å². The van der Waals surface area contributed by atoms with E-state index in [1.807, 2.05) is 19.4 Å². The molecule has 64 heavy (non-hydrogen) atoms. The lowest BCUT2D eigenvalue weighted by Crippen LogP contribution is -2.29. The van der Waals surface area contributed by atoms with E-state index in [0.717, 1.165) is 88.1 Å². The van der Waals surface area contributed by atoms with E-state index in [1.165, 1.54) is 42.2 Å². The fourth-order valence-electron chi connectivity index (χ4n) is 7.58. The molecule has 20 heteroatoms. The number of thioether (sulfide) groups is 1. The molecule has 336 valence electrons. The second-order valence-corrected chi connectivity index (χ2v) is 18.5. The van der Waals surface area contributed by atoms with Gasteiger partial charge in [0.25, 0.3) is 0 Å². The Bertz CT molecular complexity index is 2710. The molecule has 4 aromatic heterocycles. The molecular weight excluding hydrogens is 879 g/mol. The van der Waals surface area contributed by atoms with Crippen LogP contribution in [0.15, 0.2) is 95.5 Å². The standard InChI is InChI=1S/C22H22F3N5O2S.C22H22F3N5S/c1-30-10-7-14(8-11-30)19-13-17(18-6-9-26-21(27-18)33(2,31)32)20(29-28-19)15-4-3-5-16(12-15)22(23,24)25;1-30-10-7-14(8-11-30)19-13-17(18-6-9-26-21(27-18)31-2)20(29-28-19)15-4-3-5-16(12-15)22(23,24)25/h3-6,9,12-14H,7-8,10-11H2,1-2H3;3-6,9,12-14H,7-8,10-11H2,1-2H3. The van der Waals surface area contributed by atoms with Crippen molar-refractivity contribution in [1.82, 2.24) is 50.1 Å². The molecule has 6 aromatic rings. The van der Waals surface area contributed by atoms with Gasteiger partial charge in [0.2, 0.25) is 15.0 Å². The minimum atomic E-state index is -4.52. The highest BCUT2D eigenvalue weighted by atomic mass is 32.2. The van der Waals surface area contributed by atoms with E-state index in [9.17, 15) is 34.8 Å². The summed E-state index contributed by atoms with van der Waals surface area (Å²) in [4.78, 5) is 21.3. The van der Waals surface area contributed by atoms with Gasteiger partial charge in [-0.15, -0.1) is 10.2 Å². The molecule has 0 N–H and O–H groups in total. The molecule has 0 bridgehead atoms. The van der Waals surface area contributed by atoms with Crippen molar-refractivity contribution in [3.05, 3.63) is 108 Å². The number of hydrogen-bond donors (Lipinski definition) is 0. The topological polar surface area (TPSA) is 144 Å². The van der Waals surface area contributed by atoms with Gasteiger partial charge in [0.1, 0.15) is 11.4 Å². The lowest BCUT2D eigenvalue weighted by atomic mass is 9.91. The molecule has 8 rings (SSSR count). The van der Waals surface area contributed by atoms with Gasteiger partial charge in [-0.25, -0.2) is 28.4 Å². The second-order valence-electron chi connectivity index (χ2n) is 15.8. The first-order valence-electron chi connectivity index (χ1n) is 20.3. The van der Waals surface area contributed by atoms with Gasteiger partial charge in [-0.05, 0) is 121 Å². The average Bonchev–Trinajstić information content (AvgIpc) is 3.29. The first-order valence-corrected chi connectivity index (χ1v) is 23.4. The Morgan fingerprint density at radius 1 is 0.609 bits per heavy atom. The fourth-order valence-corrected chi connectivity index (χ4v) is 8.45. The van der Waals surface area contributed by atoms with E-state index < -0.39 is 33.3 Å². The molecule has 0 aliphatic carbocycles. The van der Waals surface area contributed by atoms with Crippen LogP contribution >= 0.6 is 11.8 Å². The van der Waals surface area contributed by atoms with Crippen LogP contribution in [0, 0.1) is 0 Å². The summed E-state index contributed by atoms with van der Waals surface area (Å²) in [5.41, 5.74) is 3.11. The molecule has 2 fully saturated rings. The van der Waals surface area contributed by atoms with Crippen LogP contribution < -0.4 is 0 Å². The number of halogens is 6. The first kappa shape index (κ1) is 46.5. The highest BCUT2D eigenvalue weighted by molar-refractivity contribution is 7.98. The van der Waals surface area contributed by atoms with Crippen LogP contribution in [0.4, 0.5) is 26.3 Å². The molecule has 0 radical (unpaired) electrons. The van der Waals surface area contributed by atoms with Crippen molar-refractivity contribution in [2.24, 2.45) is 0 Å². The fraction of sp³-hybridized carbons (Fsp3) is 0.364. The average molecular weight is 923 g/mol. The van der Waals surface area contributed by atoms with Crippen molar-refractivity contribution < 1.29 is 34.8 Å². The van der Waals surface area contributed by atoms with Crippen molar-refractivity contribution in [2.45, 2.75) is 60.2 Å². The molecular formula is C44H44F6N10O2S2. The Balaban J connectivity index is 0.000000192. The quantitative estimate of drug-likeness (QED) is 0.0815. The molecule has 0 saturated carbocycles. The van der Waals surface area contributed by atoms with Crippen molar-refractivity contribution >= 4 is 21.6 Å². The van der Waals surface area contributed by atoms with Crippen LogP contribution in [-0.2, 0) is 22.2 Å². The van der Waals surface area contributed by atoms with Gasteiger partial charge in [0.15, 0.2) is 5.16 Å². The zero-order valence-electron chi connectivity index (χ0n) is 35.3. The zero-order chi connectivity index (χ0) is 45.8. The van der Waals surface area contributed by atoms with E-state index >= 15 is 0 Å². The summed E-state index contributed by atoms with van der Waals surface area (Å²) in [6.07, 6.45) is 0.549. The molecule has 2 aliphatic heterocycles. The summed E-state index contributed by atoms with van der Waals surface area (Å²) < 4.78 is 104. The lowest BCUT2D eigenvalue weighted by molar-refractivity contribution is -0.138. The van der Waals surface area contributed by atoms with Crippen LogP contribution in [0.1, 0.15) is 60.0 Å². The number of alkyl halides is 6. The number of sulfone groups is 1. The molecule has 2 saturated heterocycles. The van der Waals surface area contributed by atoms with E-state index in [-0.39, 0.29) is 33.9 Å². The van der Waals surface area contributed by atoms with Crippen molar-refractivity contribution in [1.29, 1.82) is 0 Å². The smallest absolute Gasteiger partial charge is 0.306 e. The van der Waals surface area contributed by atoms with Crippen LogP contribution in [-0.4, -0.2) is 111 Å². The monoisotopic (exact) mass is 922 g/mol. The zero-order valence-corrected chi connectivity index (χ0v) is 36.9. The predicted molar refractivity (Wildman–Crippen MR) is 231 cm³/mol. The van der Waals surface area contributed by atoms with Gasteiger partial charge in [-0.1, -0.05) is 36.0 Å². The number of benzene rings is 2. The van der Waals surface area contributed by atoms with E-state index in [2.05, 4.69) is 57.2 Å². The lowest BCUT2D eigenvalue weighted by Gasteiger charge is -2.28. The van der Waals surface area contributed by atoms with Gasteiger partial charge in [0, 0.05) is 52.7 Å². The highest BCUT2D eigenvalue weighted by Crippen LogP contribution is 2.39. The van der Waals surface area contributed by atoms with Gasteiger partial charge >= 0.3 is 12.4 Å². The summed E-state index contributed by atoms with van der Waals surface area (Å²) in [7, 11) is 0.445. The number of nitrogens with zero attached hydrogens (tertiary/aromatic N) is 10. The third-order valence-corrected chi connectivity index (χ3v) is 12.6. The highest BCUT2D eigenvalue weighted by Gasteiger charge is 2.33. The molecule has 6 heterocycles. The summed E-state index contributed by atoms with van der Waals surface area (Å²) in [6.45, 7) is 3.73. The molecule has 12 nitrogen and oxygen atoms in total. The summed E-state index contributed by atoms with van der Waals surface area (Å²) >= 11 is 1.41. The Kier molecular flexibility index (Phi) is 14.1. The van der Waals surface area contributed by atoms with Gasteiger partial charge in [-0.2, -0.15) is 36.5 Å². The molecule has 0 atom stereocenters. The molecule has 0 spiro atoms. The van der Waals surface area contributed by atoms with Crippen LogP contribution in [0.3, 0.4) is 0 Å². The Hall–Kier alpha value is -5.44. The SMILES string of the molecule is CN1CCC(c2cc(-c3ccnc(S(C)(=O)=O)n3)c(-c3cccc(C(F)(F)F)c3)nn2)CC1.CSc1nccc(-c2cc(C3CCN(C)CC3)nnc2-c2cccc(C(F)(F)F)c2)n1. The molecule has 0 amide bonds. The predicted octanol–water partition coefficient (Wildman–Crippen LogP) is 8.98. The van der Waals surface area contributed by atoms with Crippen LogP contribution in [0.2, 0.25) is 0 Å². The third-order valence-electron chi connectivity index (χ3n) is 11.2. The summed E-state index contributed by atoms with van der Waals surface area (Å²) in [5, 5.41) is 17.7. The normalized spacial score (nSPS) is 16.0. The Morgan fingerprint density at radius 2 is 1.05 bits per heavy atom. The molecule has 0 unspecified atom stereocenters. The number of rotatable bonds is 8. The van der Waals surface area contributed by atoms with Crippen LogP contribution in [0.5, 0.6) is 0 Å². The number of likely N-dealkylation sites (tertiary alicyclic amines) is 2. The maximum Gasteiger partial charge on any atom is 0.416 e. The van der Waals surface area contributed by atoms with Crippen molar-refractivity contribution in [3.63, 3.8) is 0 Å². The maximum atomic E-state index is 13.3. The van der Waals surface area contributed by atoms with E-state index in [0.29, 0.717) is 38.9 Å². The Morgan fingerprint density at radius 3 is 1.47 bits per heavy atom. The largest absolute Gasteiger partial charge is 0.416 e. The van der Waals surface area contributed by atoms with Crippen molar-refractivity contribution in [3.8, 4) is 45.0 Å². The Labute approximate surface area is 371 Å². The molecule has 2 aromatic carbocycles. The van der Waals surface area contributed by atoms with E-state index in [4.69, 9.17) is 0 Å². The summed E-state index contributed by atoms with van der Waals surface area (Å²) in [6, 6.07) is 16.9. The number of piperidine rings is 2. The second kappa shape index (κ2) is 19.3. The summed E-state index contributed by atoms with van der Waals surface area (Å²) in [5.74, 6) is 0.402. The maximum absolute atomic E-state index is 13.3.